The van der Waals surface area contributed by atoms with Crippen molar-refractivity contribution >= 4 is 23.1 Å². The highest BCUT2D eigenvalue weighted by molar-refractivity contribution is 5.68. The maximum Gasteiger partial charge on any atom is 0.332 e. The van der Waals surface area contributed by atoms with E-state index in [0.717, 1.165) is 0 Å². The minimum absolute atomic E-state index is 0.139. The molecule has 3 rings (SSSR count). The van der Waals surface area contributed by atoms with E-state index in [0.29, 0.717) is 18.0 Å². The van der Waals surface area contributed by atoms with Gasteiger partial charge in [0.05, 0.1) is 17.7 Å². The van der Waals surface area contributed by atoms with Gasteiger partial charge in [0.15, 0.2) is 0 Å². The fraction of sp³-hybridized carbons (Fsp3) is 0.125. The average Bonchev–Trinajstić information content (AvgIpc) is 3.06. The molecule has 0 spiro atoms. The molecule has 24 heavy (non-hydrogen) atoms. The number of nitrogens with one attached hydrogen (secondary N) is 2. The molecule has 0 fully saturated rings. The quantitative estimate of drug-likeness (QED) is 0.526. The molecule has 0 aliphatic carbocycles. The zero-order valence-electron chi connectivity index (χ0n) is 12.9. The molecule has 2 aromatic heterocycles. The number of furan rings is 1. The third-order valence-corrected chi connectivity index (χ3v) is 3.28. The van der Waals surface area contributed by atoms with Gasteiger partial charge >= 0.3 is 5.69 Å². The number of aryl methyl sites for hydroxylation is 1. The Morgan fingerprint density at radius 2 is 1.96 bits per heavy atom. The largest absolute Gasteiger partial charge is 0.467 e. The molecule has 0 amide bonds. The Kier molecular flexibility index (Phi) is 4.37. The molecule has 0 aliphatic heterocycles. The van der Waals surface area contributed by atoms with Crippen molar-refractivity contribution in [3.05, 3.63) is 70.3 Å². The highest BCUT2D eigenvalue weighted by atomic mass is 16.6. The lowest BCUT2D eigenvalue weighted by molar-refractivity contribution is -0.385. The lowest BCUT2D eigenvalue weighted by Gasteiger charge is -2.10. The number of benzene rings is 1. The van der Waals surface area contributed by atoms with E-state index in [1.54, 1.807) is 31.4 Å². The van der Waals surface area contributed by atoms with E-state index < -0.39 is 4.92 Å². The summed E-state index contributed by atoms with van der Waals surface area (Å²) in [5.74, 6) is 1.14. The Balaban J connectivity index is 1.90. The molecule has 2 heterocycles. The SMILES string of the molecule is Cc1nc(NCc2ccco2)nc(Nc2ccccc2)c1[N+](=O)[O-]. The molecule has 0 saturated carbocycles. The topological polar surface area (TPSA) is 106 Å². The number of aromatic nitrogens is 2. The highest BCUT2D eigenvalue weighted by Crippen LogP contribution is 2.29. The van der Waals surface area contributed by atoms with Crippen LogP contribution in [0.5, 0.6) is 0 Å². The third-order valence-electron chi connectivity index (χ3n) is 3.28. The van der Waals surface area contributed by atoms with Gasteiger partial charge in [-0.1, -0.05) is 18.2 Å². The second-order valence-corrected chi connectivity index (χ2v) is 5.01. The van der Waals surface area contributed by atoms with Gasteiger partial charge in [-0.25, -0.2) is 4.98 Å². The van der Waals surface area contributed by atoms with Crippen LogP contribution in [-0.4, -0.2) is 14.9 Å². The van der Waals surface area contributed by atoms with Gasteiger partial charge in [0.25, 0.3) is 0 Å². The highest BCUT2D eigenvalue weighted by Gasteiger charge is 2.22. The Morgan fingerprint density at radius 3 is 2.62 bits per heavy atom. The van der Waals surface area contributed by atoms with E-state index in [1.807, 2.05) is 24.3 Å². The summed E-state index contributed by atoms with van der Waals surface area (Å²) in [5, 5.41) is 17.3. The lowest BCUT2D eigenvalue weighted by Crippen LogP contribution is -2.09. The van der Waals surface area contributed by atoms with Gasteiger partial charge in [0.1, 0.15) is 11.5 Å². The first kappa shape index (κ1) is 15.5. The summed E-state index contributed by atoms with van der Waals surface area (Å²) in [5.41, 5.74) is 0.827. The van der Waals surface area contributed by atoms with Crippen LogP contribution in [0.15, 0.2) is 53.1 Å². The second-order valence-electron chi connectivity index (χ2n) is 5.01. The van der Waals surface area contributed by atoms with Crippen LogP contribution >= 0.6 is 0 Å². The maximum absolute atomic E-state index is 11.3. The Labute approximate surface area is 137 Å². The van der Waals surface area contributed by atoms with Crippen LogP contribution in [0, 0.1) is 17.0 Å². The average molecular weight is 325 g/mol. The van der Waals surface area contributed by atoms with E-state index in [1.165, 1.54) is 0 Å². The van der Waals surface area contributed by atoms with Crippen LogP contribution in [0.25, 0.3) is 0 Å². The van der Waals surface area contributed by atoms with Gasteiger partial charge in [-0.15, -0.1) is 0 Å². The molecule has 122 valence electrons. The van der Waals surface area contributed by atoms with Crippen molar-refractivity contribution in [2.75, 3.05) is 10.6 Å². The van der Waals surface area contributed by atoms with Crippen molar-refractivity contribution in [1.29, 1.82) is 0 Å². The fourth-order valence-electron chi connectivity index (χ4n) is 2.19. The van der Waals surface area contributed by atoms with Crippen LogP contribution in [-0.2, 0) is 6.54 Å². The van der Waals surface area contributed by atoms with Crippen LogP contribution in [0.3, 0.4) is 0 Å². The summed E-state index contributed by atoms with van der Waals surface area (Å²) in [7, 11) is 0. The van der Waals surface area contributed by atoms with Gasteiger partial charge in [0, 0.05) is 5.69 Å². The fourth-order valence-corrected chi connectivity index (χ4v) is 2.19. The van der Waals surface area contributed by atoms with Crippen molar-refractivity contribution in [3.8, 4) is 0 Å². The molecule has 3 aromatic rings. The summed E-state index contributed by atoms with van der Waals surface area (Å²) in [6.45, 7) is 1.96. The van der Waals surface area contributed by atoms with E-state index >= 15 is 0 Å². The smallest absolute Gasteiger partial charge is 0.332 e. The molecule has 8 heteroatoms. The Bertz CT molecular complexity index is 834. The summed E-state index contributed by atoms with van der Waals surface area (Å²) in [6.07, 6.45) is 1.57. The molecule has 2 N–H and O–H groups in total. The molecule has 8 nitrogen and oxygen atoms in total. The molecule has 0 aliphatic rings. The number of para-hydroxylation sites is 1. The molecule has 0 saturated heterocycles. The number of hydrogen-bond donors (Lipinski definition) is 2. The first-order chi connectivity index (χ1) is 11.6. The van der Waals surface area contributed by atoms with Crippen LogP contribution in [0.4, 0.5) is 23.1 Å². The zero-order chi connectivity index (χ0) is 16.9. The molecule has 0 radical (unpaired) electrons. The van der Waals surface area contributed by atoms with Crippen LogP contribution < -0.4 is 10.6 Å². The van der Waals surface area contributed by atoms with Gasteiger partial charge < -0.3 is 15.1 Å². The summed E-state index contributed by atoms with van der Waals surface area (Å²) < 4.78 is 5.23. The van der Waals surface area contributed by atoms with E-state index in [4.69, 9.17) is 4.42 Å². The molecule has 0 atom stereocenters. The number of nitrogens with zero attached hydrogens (tertiary/aromatic N) is 3. The summed E-state index contributed by atoms with van der Waals surface area (Å²) in [6, 6.07) is 12.7. The van der Waals surface area contributed by atoms with Crippen molar-refractivity contribution in [1.82, 2.24) is 9.97 Å². The monoisotopic (exact) mass is 325 g/mol. The Morgan fingerprint density at radius 1 is 1.17 bits per heavy atom. The van der Waals surface area contributed by atoms with E-state index in [-0.39, 0.29) is 23.1 Å². The summed E-state index contributed by atoms with van der Waals surface area (Å²) in [4.78, 5) is 19.2. The van der Waals surface area contributed by atoms with Gasteiger partial charge in [-0.3, -0.25) is 10.1 Å². The zero-order valence-corrected chi connectivity index (χ0v) is 12.9. The van der Waals surface area contributed by atoms with Crippen molar-refractivity contribution in [2.45, 2.75) is 13.5 Å². The minimum atomic E-state index is -0.489. The number of hydrogen-bond acceptors (Lipinski definition) is 7. The second kappa shape index (κ2) is 6.78. The maximum atomic E-state index is 11.3. The van der Waals surface area contributed by atoms with Gasteiger partial charge in [-0.05, 0) is 31.2 Å². The summed E-state index contributed by atoms with van der Waals surface area (Å²) >= 11 is 0. The third kappa shape index (κ3) is 3.49. The van der Waals surface area contributed by atoms with Crippen molar-refractivity contribution < 1.29 is 9.34 Å². The predicted octanol–water partition coefficient (Wildman–Crippen LogP) is 3.64. The Hall–Kier alpha value is -3.42. The van der Waals surface area contributed by atoms with Gasteiger partial charge in [0.2, 0.25) is 11.8 Å². The lowest BCUT2D eigenvalue weighted by atomic mass is 10.3. The standard InChI is InChI=1S/C16H15N5O3/c1-11-14(21(22)23)15(19-12-6-3-2-4-7-12)20-16(18-11)17-10-13-8-5-9-24-13/h2-9H,10H2,1H3,(H2,17,18,19,20). The van der Waals surface area contributed by atoms with Crippen molar-refractivity contribution in [2.24, 2.45) is 0 Å². The molecule has 0 unspecified atom stereocenters. The first-order valence-electron chi connectivity index (χ1n) is 7.25. The van der Waals surface area contributed by atoms with Crippen LogP contribution in [0.2, 0.25) is 0 Å². The van der Waals surface area contributed by atoms with E-state index in [2.05, 4.69) is 20.6 Å². The molecule has 1 aromatic carbocycles. The van der Waals surface area contributed by atoms with E-state index in [9.17, 15) is 10.1 Å². The van der Waals surface area contributed by atoms with Gasteiger partial charge in [-0.2, -0.15) is 4.98 Å². The minimum Gasteiger partial charge on any atom is -0.467 e. The molecular weight excluding hydrogens is 310 g/mol. The first-order valence-corrected chi connectivity index (χ1v) is 7.25. The van der Waals surface area contributed by atoms with Crippen LogP contribution in [0.1, 0.15) is 11.5 Å². The normalized spacial score (nSPS) is 10.4. The predicted molar refractivity (Wildman–Crippen MR) is 89.2 cm³/mol. The molecular formula is C16H15N5O3. The number of anilines is 3. The number of nitro groups is 1. The van der Waals surface area contributed by atoms with Crippen molar-refractivity contribution in [3.63, 3.8) is 0 Å². The molecule has 0 bridgehead atoms. The number of rotatable bonds is 6.